The Morgan fingerprint density at radius 1 is 1.17 bits per heavy atom. The van der Waals surface area contributed by atoms with Gasteiger partial charge in [0.2, 0.25) is 0 Å². The van der Waals surface area contributed by atoms with Gasteiger partial charge in [-0.25, -0.2) is 13.8 Å². The maximum atomic E-state index is 13.3. The third-order valence-corrected chi connectivity index (χ3v) is 4.13. The molecule has 0 radical (unpaired) electrons. The molecule has 1 fully saturated rings. The normalized spacial score (nSPS) is 15.8. The van der Waals surface area contributed by atoms with E-state index in [2.05, 4.69) is 15.2 Å². The number of rotatable bonds is 7. The topological polar surface area (TPSA) is 42.3 Å². The summed E-state index contributed by atoms with van der Waals surface area (Å²) in [6.07, 6.45) is 3.57. The Morgan fingerprint density at radius 2 is 2.00 bits per heavy atom. The smallest absolute Gasteiger partial charge is 0.159 e. The summed E-state index contributed by atoms with van der Waals surface area (Å²) in [4.78, 5) is 6.70. The maximum absolute atomic E-state index is 13.3. The van der Waals surface area contributed by atoms with Gasteiger partial charge in [0, 0.05) is 45.1 Å². The Morgan fingerprint density at radius 3 is 2.79 bits per heavy atom. The van der Waals surface area contributed by atoms with E-state index in [0.29, 0.717) is 18.7 Å². The molecule has 1 aromatic carbocycles. The van der Waals surface area contributed by atoms with Crippen molar-refractivity contribution in [1.29, 1.82) is 0 Å². The highest BCUT2D eigenvalue weighted by atomic mass is 19.2. The molecule has 0 unspecified atom stereocenters. The third kappa shape index (κ3) is 4.59. The van der Waals surface area contributed by atoms with Gasteiger partial charge < -0.3 is 14.6 Å². The zero-order valence-corrected chi connectivity index (χ0v) is 13.5. The van der Waals surface area contributed by atoms with Crippen LogP contribution in [0, 0.1) is 11.6 Å². The van der Waals surface area contributed by atoms with Gasteiger partial charge in [-0.2, -0.15) is 0 Å². The fourth-order valence-electron chi connectivity index (χ4n) is 2.75. The number of nitrogens with one attached hydrogen (secondary N) is 1. The predicted octanol–water partition coefficient (Wildman–Crippen LogP) is 1.63. The lowest BCUT2D eigenvalue weighted by molar-refractivity contribution is 0.0384. The van der Waals surface area contributed by atoms with Crippen LogP contribution >= 0.6 is 0 Å². The Labute approximate surface area is 140 Å². The second-order valence-corrected chi connectivity index (χ2v) is 5.85. The molecule has 2 heterocycles. The van der Waals surface area contributed by atoms with Gasteiger partial charge >= 0.3 is 0 Å². The molecular formula is C17H22F2N4O. The summed E-state index contributed by atoms with van der Waals surface area (Å²) < 4.78 is 33.6. The Bertz CT molecular complexity index is 656. The monoisotopic (exact) mass is 336 g/mol. The SMILES string of the molecule is Fc1ccc(Cn2ccnc2CNCCN2CCOCC2)cc1F. The number of nitrogens with zero attached hydrogens (tertiary/aromatic N) is 3. The number of hydrogen-bond donors (Lipinski definition) is 1. The number of imidazole rings is 1. The lowest BCUT2D eigenvalue weighted by Gasteiger charge is -2.26. The molecule has 2 aromatic rings. The minimum absolute atomic E-state index is 0.470. The molecule has 0 bridgehead atoms. The summed E-state index contributed by atoms with van der Waals surface area (Å²) in [6.45, 7) is 6.53. The van der Waals surface area contributed by atoms with Crippen molar-refractivity contribution in [2.24, 2.45) is 0 Å². The van der Waals surface area contributed by atoms with E-state index in [9.17, 15) is 8.78 Å². The molecule has 1 saturated heterocycles. The molecule has 0 spiro atoms. The van der Waals surface area contributed by atoms with Crippen molar-refractivity contribution in [2.75, 3.05) is 39.4 Å². The number of aromatic nitrogens is 2. The van der Waals surface area contributed by atoms with E-state index >= 15 is 0 Å². The molecule has 1 N–H and O–H groups in total. The van der Waals surface area contributed by atoms with Crippen LogP contribution in [0.3, 0.4) is 0 Å². The van der Waals surface area contributed by atoms with Gasteiger partial charge in [-0.15, -0.1) is 0 Å². The zero-order chi connectivity index (χ0) is 16.8. The minimum atomic E-state index is -0.825. The molecular weight excluding hydrogens is 314 g/mol. The largest absolute Gasteiger partial charge is 0.379 e. The lowest BCUT2D eigenvalue weighted by Crippen LogP contribution is -2.40. The van der Waals surface area contributed by atoms with Crippen molar-refractivity contribution >= 4 is 0 Å². The van der Waals surface area contributed by atoms with Crippen LogP contribution in [-0.4, -0.2) is 53.8 Å². The van der Waals surface area contributed by atoms with Crippen LogP contribution in [0.1, 0.15) is 11.4 Å². The van der Waals surface area contributed by atoms with Crippen LogP contribution < -0.4 is 5.32 Å². The number of hydrogen-bond acceptors (Lipinski definition) is 4. The molecule has 0 atom stereocenters. The summed E-state index contributed by atoms with van der Waals surface area (Å²) in [5.41, 5.74) is 0.710. The number of benzene rings is 1. The third-order valence-electron chi connectivity index (χ3n) is 4.13. The summed E-state index contributed by atoms with van der Waals surface area (Å²) >= 11 is 0. The Balaban J connectivity index is 1.48. The van der Waals surface area contributed by atoms with Crippen LogP contribution in [0.25, 0.3) is 0 Å². The summed E-state index contributed by atoms with van der Waals surface area (Å²) in [6, 6.07) is 3.97. The average Bonchev–Trinajstić information content (AvgIpc) is 3.03. The molecule has 3 rings (SSSR count). The van der Waals surface area contributed by atoms with E-state index in [1.54, 1.807) is 12.3 Å². The van der Waals surface area contributed by atoms with Crippen molar-refractivity contribution in [3.05, 3.63) is 53.6 Å². The first-order valence-corrected chi connectivity index (χ1v) is 8.17. The first kappa shape index (κ1) is 17.0. The average molecular weight is 336 g/mol. The van der Waals surface area contributed by atoms with E-state index in [1.165, 1.54) is 6.07 Å². The van der Waals surface area contributed by atoms with Gasteiger partial charge in [-0.05, 0) is 17.7 Å². The molecule has 0 aliphatic carbocycles. The highest BCUT2D eigenvalue weighted by molar-refractivity contribution is 5.18. The number of morpholine rings is 1. The van der Waals surface area contributed by atoms with Gasteiger partial charge in [0.25, 0.3) is 0 Å². The zero-order valence-electron chi connectivity index (χ0n) is 13.5. The molecule has 1 aromatic heterocycles. The van der Waals surface area contributed by atoms with E-state index in [1.807, 2.05) is 10.8 Å². The van der Waals surface area contributed by atoms with Crippen molar-refractivity contribution < 1.29 is 13.5 Å². The van der Waals surface area contributed by atoms with Gasteiger partial charge in [-0.3, -0.25) is 4.90 Å². The van der Waals surface area contributed by atoms with E-state index in [4.69, 9.17) is 4.74 Å². The summed E-state index contributed by atoms with van der Waals surface area (Å²) in [5.74, 6) is -0.770. The molecule has 24 heavy (non-hydrogen) atoms. The van der Waals surface area contributed by atoms with Crippen molar-refractivity contribution in [2.45, 2.75) is 13.1 Å². The Hall–Kier alpha value is -1.83. The van der Waals surface area contributed by atoms with Crippen LogP contribution in [0.15, 0.2) is 30.6 Å². The van der Waals surface area contributed by atoms with E-state index in [-0.39, 0.29) is 0 Å². The lowest BCUT2D eigenvalue weighted by atomic mass is 10.2. The summed E-state index contributed by atoms with van der Waals surface area (Å²) in [7, 11) is 0. The molecule has 1 aliphatic heterocycles. The predicted molar refractivity (Wildman–Crippen MR) is 86.7 cm³/mol. The Kier molecular flexibility index (Phi) is 5.90. The van der Waals surface area contributed by atoms with E-state index < -0.39 is 11.6 Å². The number of ether oxygens (including phenoxy) is 1. The molecule has 130 valence electrons. The van der Waals surface area contributed by atoms with Gasteiger partial charge in [0.05, 0.1) is 19.8 Å². The molecule has 1 aliphatic rings. The fraction of sp³-hybridized carbons (Fsp3) is 0.471. The molecule has 7 heteroatoms. The first-order chi connectivity index (χ1) is 11.7. The second kappa shape index (κ2) is 8.32. The second-order valence-electron chi connectivity index (χ2n) is 5.85. The highest BCUT2D eigenvalue weighted by Crippen LogP contribution is 2.11. The molecule has 0 saturated carbocycles. The maximum Gasteiger partial charge on any atom is 0.159 e. The van der Waals surface area contributed by atoms with Crippen molar-refractivity contribution in [3.8, 4) is 0 Å². The standard InChI is InChI=1S/C17H22F2N4O/c18-15-2-1-14(11-16(15)19)13-23-6-4-21-17(23)12-20-3-5-22-7-9-24-10-8-22/h1-2,4,6,11,20H,3,5,7-10,12-13H2. The van der Waals surface area contributed by atoms with Crippen LogP contribution in [-0.2, 0) is 17.8 Å². The minimum Gasteiger partial charge on any atom is -0.379 e. The molecule has 5 nitrogen and oxygen atoms in total. The van der Waals surface area contributed by atoms with Gasteiger partial charge in [-0.1, -0.05) is 6.07 Å². The van der Waals surface area contributed by atoms with Crippen LogP contribution in [0.4, 0.5) is 8.78 Å². The quantitative estimate of drug-likeness (QED) is 0.781. The van der Waals surface area contributed by atoms with Gasteiger partial charge in [0.1, 0.15) is 5.82 Å². The van der Waals surface area contributed by atoms with Gasteiger partial charge in [0.15, 0.2) is 11.6 Å². The first-order valence-electron chi connectivity index (χ1n) is 8.17. The van der Waals surface area contributed by atoms with Crippen molar-refractivity contribution in [3.63, 3.8) is 0 Å². The highest BCUT2D eigenvalue weighted by Gasteiger charge is 2.10. The van der Waals surface area contributed by atoms with Crippen molar-refractivity contribution in [1.82, 2.24) is 19.8 Å². The molecule has 0 amide bonds. The van der Waals surface area contributed by atoms with Crippen LogP contribution in [0.5, 0.6) is 0 Å². The summed E-state index contributed by atoms with van der Waals surface area (Å²) in [5, 5.41) is 3.38. The number of halogens is 2. The van der Waals surface area contributed by atoms with E-state index in [0.717, 1.165) is 51.3 Å². The van der Waals surface area contributed by atoms with Crippen LogP contribution in [0.2, 0.25) is 0 Å². The fourth-order valence-corrected chi connectivity index (χ4v) is 2.75.